The number of nitrogens with zero attached hydrogens (tertiary/aromatic N) is 2. The first-order chi connectivity index (χ1) is 26.3. The van der Waals surface area contributed by atoms with E-state index in [1.807, 2.05) is 42.5 Å². The van der Waals surface area contributed by atoms with Crippen LogP contribution in [0.3, 0.4) is 0 Å². The molecular weight excluding hydrogens is 649 g/mol. The molecule has 2 aromatic heterocycles. The quantitative estimate of drug-likeness (QED) is 0.168. The van der Waals surface area contributed by atoms with Gasteiger partial charge in [0, 0.05) is 28.0 Å². The molecule has 1 aliphatic carbocycles. The topological polar surface area (TPSA) is 42.4 Å². The van der Waals surface area contributed by atoms with Gasteiger partial charge in [-0.3, -0.25) is 0 Å². The molecule has 0 N–H and O–H groups in total. The summed E-state index contributed by atoms with van der Waals surface area (Å²) in [5.41, 5.74) is 14.6. The van der Waals surface area contributed by atoms with Gasteiger partial charge in [-0.05, 0) is 113 Å². The lowest BCUT2D eigenvalue weighted by atomic mass is 9.94. The molecule has 0 radical (unpaired) electrons. The Bertz CT molecular complexity index is 2810. The smallest absolute Gasteiger partial charge is 0.227 e. The number of allylic oxidation sites excluding steroid dienone is 3. The summed E-state index contributed by atoms with van der Waals surface area (Å²) < 4.78 is 12.5. The maximum atomic E-state index is 6.30. The molecule has 4 nitrogen and oxygen atoms in total. The Morgan fingerprint density at radius 1 is 0.472 bits per heavy atom. The molecule has 1 aliphatic rings. The number of fused-ring (bicyclic) bond motifs is 5. The molecule has 10 rings (SSSR count). The number of rotatable bonds is 7. The second-order valence-corrected chi connectivity index (χ2v) is 13.4. The largest absolute Gasteiger partial charge is 0.456 e. The van der Waals surface area contributed by atoms with E-state index < -0.39 is 0 Å². The fraction of sp³-hybridized carbons (Fsp3) is 0.0408. The summed E-state index contributed by atoms with van der Waals surface area (Å²) in [7, 11) is 0. The Hall–Kier alpha value is -6.91. The van der Waals surface area contributed by atoms with Crippen molar-refractivity contribution in [1.29, 1.82) is 0 Å². The summed E-state index contributed by atoms with van der Waals surface area (Å²) in [6, 6.07) is 57.4. The maximum absolute atomic E-state index is 6.30. The number of anilines is 2. The predicted octanol–water partition coefficient (Wildman–Crippen LogP) is 13.8. The SMILES string of the molecule is C1=CC(N(c2ccc(-c3ccc4oc5ccc6oc(-c7ccccc7)nc6c5c4c3)cc2)c2ccc(-c3ccccc3-c3ccccc3)cc2)=CCC1. The van der Waals surface area contributed by atoms with Crippen LogP contribution >= 0.6 is 0 Å². The van der Waals surface area contributed by atoms with Crippen molar-refractivity contribution in [3.05, 3.63) is 188 Å². The third-order valence-corrected chi connectivity index (χ3v) is 10.2. The zero-order valence-corrected chi connectivity index (χ0v) is 28.9. The first-order valence-corrected chi connectivity index (χ1v) is 18.1. The van der Waals surface area contributed by atoms with Crippen molar-refractivity contribution in [3.8, 4) is 44.8 Å². The molecule has 252 valence electrons. The summed E-state index contributed by atoms with van der Waals surface area (Å²) in [4.78, 5) is 7.29. The Balaban J connectivity index is 1.00. The molecule has 0 spiro atoms. The molecule has 9 aromatic rings. The number of oxazole rings is 1. The average Bonchev–Trinajstić information content (AvgIpc) is 3.84. The lowest BCUT2D eigenvalue weighted by Crippen LogP contribution is -2.16. The fourth-order valence-corrected chi connectivity index (χ4v) is 7.55. The second-order valence-electron chi connectivity index (χ2n) is 13.4. The van der Waals surface area contributed by atoms with E-state index in [9.17, 15) is 0 Å². The minimum Gasteiger partial charge on any atom is -0.456 e. The monoisotopic (exact) mass is 682 g/mol. The van der Waals surface area contributed by atoms with Gasteiger partial charge in [-0.2, -0.15) is 0 Å². The lowest BCUT2D eigenvalue weighted by Gasteiger charge is -2.28. The molecule has 0 bridgehead atoms. The van der Waals surface area contributed by atoms with Crippen molar-refractivity contribution in [2.45, 2.75) is 12.8 Å². The molecule has 2 heterocycles. The summed E-state index contributed by atoms with van der Waals surface area (Å²) in [5, 5.41) is 1.99. The first kappa shape index (κ1) is 30.9. The van der Waals surface area contributed by atoms with E-state index in [2.05, 4.69) is 144 Å². The highest BCUT2D eigenvalue weighted by molar-refractivity contribution is 6.17. The van der Waals surface area contributed by atoms with E-state index in [-0.39, 0.29) is 0 Å². The molecule has 4 heteroatoms. The number of hydrogen-bond donors (Lipinski definition) is 0. The Morgan fingerprint density at radius 3 is 1.74 bits per heavy atom. The molecule has 0 unspecified atom stereocenters. The van der Waals surface area contributed by atoms with Crippen LogP contribution < -0.4 is 4.90 Å². The molecule has 0 aliphatic heterocycles. The molecule has 0 saturated heterocycles. The highest BCUT2D eigenvalue weighted by Gasteiger charge is 2.19. The number of hydrogen-bond acceptors (Lipinski definition) is 4. The zero-order valence-electron chi connectivity index (χ0n) is 28.9. The van der Waals surface area contributed by atoms with Crippen molar-refractivity contribution in [3.63, 3.8) is 0 Å². The van der Waals surface area contributed by atoms with E-state index in [1.54, 1.807) is 0 Å². The second kappa shape index (κ2) is 13.0. The van der Waals surface area contributed by atoms with Crippen molar-refractivity contribution in [1.82, 2.24) is 4.98 Å². The van der Waals surface area contributed by atoms with E-state index in [0.29, 0.717) is 5.89 Å². The average molecular weight is 683 g/mol. The lowest BCUT2D eigenvalue weighted by molar-refractivity contribution is 0.619. The van der Waals surface area contributed by atoms with Gasteiger partial charge in [0.05, 0.1) is 5.39 Å². The standard InChI is InChI=1S/C49H34N2O2/c1-4-12-34(13-5-1)41-18-10-11-19-42(41)35-22-27-40(28-23-35)51(38-16-8-3-9-17-38)39-25-20-33(21-26-39)37-24-29-44-43(32-37)47-45(52-44)30-31-46-48(47)50-49(53-46)36-14-6-2-7-15-36/h1-2,4-8,10-32H,3,9H2. The fourth-order valence-electron chi connectivity index (χ4n) is 7.55. The van der Waals surface area contributed by atoms with Gasteiger partial charge in [-0.25, -0.2) is 4.98 Å². The number of benzene rings is 7. The van der Waals surface area contributed by atoms with Crippen LogP contribution in [0, 0.1) is 0 Å². The number of aromatic nitrogens is 1. The van der Waals surface area contributed by atoms with Crippen molar-refractivity contribution in [2.75, 3.05) is 4.90 Å². The van der Waals surface area contributed by atoms with Gasteiger partial charge in [-0.15, -0.1) is 0 Å². The summed E-state index contributed by atoms with van der Waals surface area (Å²) in [5.74, 6) is 0.605. The van der Waals surface area contributed by atoms with Gasteiger partial charge < -0.3 is 13.7 Å². The minimum atomic E-state index is 0.605. The summed E-state index contributed by atoms with van der Waals surface area (Å²) >= 11 is 0. The Kier molecular flexibility index (Phi) is 7.58. The van der Waals surface area contributed by atoms with Gasteiger partial charge in [0.2, 0.25) is 5.89 Å². The van der Waals surface area contributed by atoms with E-state index in [1.165, 1.54) is 28.0 Å². The van der Waals surface area contributed by atoms with Gasteiger partial charge in [0.15, 0.2) is 5.58 Å². The van der Waals surface area contributed by atoms with E-state index >= 15 is 0 Å². The van der Waals surface area contributed by atoms with Crippen LogP contribution in [0.2, 0.25) is 0 Å². The molecule has 0 fully saturated rings. The molecule has 7 aromatic carbocycles. The first-order valence-electron chi connectivity index (χ1n) is 18.1. The van der Waals surface area contributed by atoms with Crippen LogP contribution in [0.15, 0.2) is 197 Å². The van der Waals surface area contributed by atoms with Gasteiger partial charge in [0.1, 0.15) is 16.7 Å². The molecule has 53 heavy (non-hydrogen) atoms. The molecule has 0 amide bonds. The Labute approximate surface area is 307 Å². The highest BCUT2D eigenvalue weighted by atomic mass is 16.4. The third kappa shape index (κ3) is 5.62. The minimum absolute atomic E-state index is 0.605. The van der Waals surface area contributed by atoms with Crippen LogP contribution in [0.25, 0.3) is 77.9 Å². The normalized spacial score (nSPS) is 12.8. The zero-order chi connectivity index (χ0) is 35.1. The summed E-state index contributed by atoms with van der Waals surface area (Å²) in [6.07, 6.45) is 8.92. The van der Waals surface area contributed by atoms with Gasteiger partial charge >= 0.3 is 0 Å². The van der Waals surface area contributed by atoms with Crippen LogP contribution in [0.1, 0.15) is 12.8 Å². The van der Waals surface area contributed by atoms with Crippen LogP contribution in [0.5, 0.6) is 0 Å². The highest BCUT2D eigenvalue weighted by Crippen LogP contribution is 2.40. The van der Waals surface area contributed by atoms with Gasteiger partial charge in [0.25, 0.3) is 0 Å². The van der Waals surface area contributed by atoms with Gasteiger partial charge in [-0.1, -0.05) is 115 Å². The van der Waals surface area contributed by atoms with Crippen LogP contribution in [0.4, 0.5) is 11.4 Å². The van der Waals surface area contributed by atoms with Crippen molar-refractivity contribution in [2.24, 2.45) is 0 Å². The summed E-state index contributed by atoms with van der Waals surface area (Å²) in [6.45, 7) is 0. The van der Waals surface area contributed by atoms with Crippen LogP contribution in [-0.4, -0.2) is 4.98 Å². The molecule has 0 saturated carbocycles. The molecular formula is C49H34N2O2. The predicted molar refractivity (Wildman–Crippen MR) is 218 cm³/mol. The molecule has 0 atom stereocenters. The number of furan rings is 1. The third-order valence-electron chi connectivity index (χ3n) is 10.2. The van der Waals surface area contributed by atoms with Crippen LogP contribution in [-0.2, 0) is 0 Å². The Morgan fingerprint density at radius 2 is 1.06 bits per heavy atom. The van der Waals surface area contributed by atoms with Crippen molar-refractivity contribution >= 4 is 44.4 Å². The van der Waals surface area contributed by atoms with E-state index in [0.717, 1.165) is 73.9 Å². The van der Waals surface area contributed by atoms with E-state index in [4.69, 9.17) is 13.8 Å². The van der Waals surface area contributed by atoms with Crippen molar-refractivity contribution < 1.29 is 8.83 Å². The maximum Gasteiger partial charge on any atom is 0.227 e.